The van der Waals surface area contributed by atoms with Crippen molar-refractivity contribution >= 4 is 40.2 Å². The van der Waals surface area contributed by atoms with Crippen LogP contribution in [0.2, 0.25) is 0 Å². The van der Waals surface area contributed by atoms with Crippen LogP contribution >= 0.6 is 16.7 Å². The van der Waals surface area contributed by atoms with Gasteiger partial charge in [-0.05, 0) is 0 Å². The molecule has 2 aromatic heterocycles. The van der Waals surface area contributed by atoms with Gasteiger partial charge in [0, 0.05) is 0 Å². The van der Waals surface area contributed by atoms with E-state index < -0.39 is 23.2 Å². The third-order valence-corrected chi connectivity index (χ3v) is 12.1. The van der Waals surface area contributed by atoms with Crippen LogP contribution in [0.3, 0.4) is 0 Å². The summed E-state index contributed by atoms with van der Waals surface area (Å²) in [5, 5.41) is 0. The molecule has 0 spiro atoms. The van der Waals surface area contributed by atoms with Gasteiger partial charge in [-0.25, -0.2) is 0 Å². The number of fused-ring (bicyclic) bond motifs is 2. The first-order valence-corrected chi connectivity index (χ1v) is 14.4. The molecule has 2 atom stereocenters. The van der Waals surface area contributed by atoms with Crippen molar-refractivity contribution in [3.05, 3.63) is 107 Å². The number of benzene rings is 2. The van der Waals surface area contributed by atoms with Crippen LogP contribution in [0.15, 0.2) is 84.7 Å². The Morgan fingerprint density at radius 3 is 1.48 bits per heavy atom. The Morgan fingerprint density at radius 2 is 1.06 bits per heavy atom. The van der Waals surface area contributed by atoms with Crippen molar-refractivity contribution in [1.29, 1.82) is 0 Å². The van der Waals surface area contributed by atoms with E-state index in [2.05, 4.69) is 105 Å². The number of nitrogens with zero attached hydrogens (tertiary/aromatic N) is 2. The topological polar surface area (TPSA) is 9.86 Å². The first-order valence-electron chi connectivity index (χ1n) is 9.75. The molecule has 31 heavy (non-hydrogen) atoms. The minimum atomic E-state index is -0.904. The molecule has 2 aromatic carbocycles. The van der Waals surface area contributed by atoms with E-state index in [9.17, 15) is 0 Å². The number of rotatable bonds is 4. The van der Waals surface area contributed by atoms with Gasteiger partial charge in [-0.1, -0.05) is 0 Å². The normalized spacial score (nSPS) is 18.6. The zero-order chi connectivity index (χ0) is 19.2. The molecule has 2 unspecified atom stereocenters. The fourth-order valence-electron chi connectivity index (χ4n) is 4.37. The monoisotopic (exact) mass is 556 g/mol. The molecule has 0 bridgehead atoms. The standard InChI is InChI=1S/2C12H9NP.2ClH.Zr/c2*1-2-5-11-9-12(8-10(11)4-1)13-6-3-7-14-13;;;/h2*1-9H;2*1H;/q;;;;+2/p-2. The zero-order valence-electron chi connectivity index (χ0n) is 16.4. The summed E-state index contributed by atoms with van der Waals surface area (Å²) in [4.78, 5) is 0. The first kappa shape index (κ1) is 23.0. The molecule has 0 fully saturated rings. The molecule has 152 valence electrons. The van der Waals surface area contributed by atoms with Crippen molar-refractivity contribution < 1.29 is 48.0 Å². The maximum Gasteiger partial charge on any atom is -1.00 e. The fourth-order valence-corrected chi connectivity index (χ4v) is 11.3. The molecular formula is C24H18Cl2N2P2Zr. The Morgan fingerprint density at radius 1 is 0.613 bits per heavy atom. The molecular weight excluding hydrogens is 540 g/mol. The number of hydrogen-bond acceptors (Lipinski definition) is 0. The van der Waals surface area contributed by atoms with Gasteiger partial charge in [0.05, 0.1) is 0 Å². The molecule has 0 N–H and O–H groups in total. The van der Waals surface area contributed by atoms with Crippen LogP contribution in [0.5, 0.6) is 0 Å². The molecule has 2 nitrogen and oxygen atoms in total. The van der Waals surface area contributed by atoms with E-state index in [0.29, 0.717) is 7.25 Å². The average Bonchev–Trinajstić information content (AvgIpc) is 3.55. The molecule has 0 saturated heterocycles. The van der Waals surface area contributed by atoms with E-state index in [1.165, 1.54) is 50.4 Å². The van der Waals surface area contributed by atoms with Crippen LogP contribution in [0.25, 0.3) is 23.5 Å². The van der Waals surface area contributed by atoms with Crippen LogP contribution in [-0.4, -0.2) is 8.66 Å². The van der Waals surface area contributed by atoms with E-state index in [0.717, 1.165) is 0 Å². The van der Waals surface area contributed by atoms with Crippen molar-refractivity contribution in [2.24, 2.45) is 0 Å². The summed E-state index contributed by atoms with van der Waals surface area (Å²) in [6, 6.07) is 22.4. The molecule has 0 amide bonds. The van der Waals surface area contributed by atoms with Crippen LogP contribution in [-0.2, 0) is 23.2 Å². The van der Waals surface area contributed by atoms with Gasteiger partial charge in [0.1, 0.15) is 0 Å². The summed E-state index contributed by atoms with van der Waals surface area (Å²) < 4.78 is 6.00. The van der Waals surface area contributed by atoms with Gasteiger partial charge in [-0.2, -0.15) is 0 Å². The Balaban J connectivity index is 0.00000116. The van der Waals surface area contributed by atoms with Crippen LogP contribution < -0.4 is 24.8 Å². The summed E-state index contributed by atoms with van der Waals surface area (Å²) in [5.41, 5.74) is 8.88. The van der Waals surface area contributed by atoms with Crippen molar-refractivity contribution in [3.63, 3.8) is 0 Å². The van der Waals surface area contributed by atoms with Gasteiger partial charge in [0.15, 0.2) is 0 Å². The van der Waals surface area contributed by atoms with Crippen LogP contribution in [0.1, 0.15) is 29.5 Å². The van der Waals surface area contributed by atoms with Crippen LogP contribution in [0.4, 0.5) is 0 Å². The number of aromatic nitrogens is 2. The Hall–Kier alpha value is -1.20. The molecule has 4 aromatic rings. The first-order chi connectivity index (χ1) is 14.4. The SMILES string of the molecule is C1=C(n2cccp2)[CH]([Zr+2][CH]2C(n3cccp3)=Cc3ccccc32)c2ccccc21.[Cl-].[Cl-]. The molecule has 2 heterocycles. The summed E-state index contributed by atoms with van der Waals surface area (Å²) in [6.45, 7) is 0. The van der Waals surface area contributed by atoms with Crippen molar-refractivity contribution in [2.45, 2.75) is 7.25 Å². The quantitative estimate of drug-likeness (QED) is 0.358. The van der Waals surface area contributed by atoms with Gasteiger partial charge in [0.2, 0.25) is 0 Å². The van der Waals surface area contributed by atoms with Crippen molar-refractivity contribution in [3.8, 4) is 0 Å². The number of halogens is 2. The minimum absolute atomic E-state index is 0. The predicted molar refractivity (Wildman–Crippen MR) is 121 cm³/mol. The molecule has 0 radical (unpaired) electrons. The largest absolute Gasteiger partial charge is 1.00 e. The van der Waals surface area contributed by atoms with Gasteiger partial charge in [-0.3, -0.25) is 0 Å². The molecule has 0 saturated carbocycles. The Bertz CT molecular complexity index is 1150. The molecule has 2 aliphatic carbocycles. The minimum Gasteiger partial charge on any atom is -1.00 e. The van der Waals surface area contributed by atoms with Crippen molar-refractivity contribution in [2.75, 3.05) is 0 Å². The second-order valence-electron chi connectivity index (χ2n) is 7.33. The zero-order valence-corrected chi connectivity index (χ0v) is 22.2. The molecule has 2 aliphatic rings. The second-order valence-corrected chi connectivity index (χ2v) is 12.9. The van der Waals surface area contributed by atoms with E-state index in [-0.39, 0.29) is 24.8 Å². The van der Waals surface area contributed by atoms with E-state index in [1.54, 1.807) is 0 Å². The van der Waals surface area contributed by atoms with E-state index in [4.69, 9.17) is 0 Å². The number of allylic oxidation sites excluding steroid dienone is 2. The van der Waals surface area contributed by atoms with Gasteiger partial charge >= 0.3 is 186 Å². The summed E-state index contributed by atoms with van der Waals surface area (Å²) in [7, 11) is 2.53. The molecule has 7 heteroatoms. The fraction of sp³-hybridized carbons (Fsp3) is 0.0833. The van der Waals surface area contributed by atoms with E-state index in [1.807, 2.05) is 0 Å². The van der Waals surface area contributed by atoms with Gasteiger partial charge in [0.25, 0.3) is 0 Å². The third kappa shape index (κ3) is 4.13. The third-order valence-electron chi connectivity index (χ3n) is 5.68. The van der Waals surface area contributed by atoms with Crippen molar-refractivity contribution in [1.82, 2.24) is 8.66 Å². The Kier molecular flexibility index (Phi) is 7.22. The molecule has 6 rings (SSSR count). The average molecular weight is 559 g/mol. The van der Waals surface area contributed by atoms with E-state index >= 15 is 0 Å². The number of hydrogen-bond donors (Lipinski definition) is 0. The predicted octanol–water partition coefficient (Wildman–Crippen LogP) is 1.35. The van der Waals surface area contributed by atoms with Gasteiger partial charge < -0.3 is 24.8 Å². The maximum absolute atomic E-state index is 2.43. The smallest absolute Gasteiger partial charge is 1.00 e. The summed E-state index contributed by atoms with van der Waals surface area (Å²) >= 11 is -0.904. The maximum atomic E-state index is 2.43. The van der Waals surface area contributed by atoms with Gasteiger partial charge in [-0.15, -0.1) is 0 Å². The summed E-state index contributed by atoms with van der Waals surface area (Å²) in [6.07, 6.45) is 9.34. The second kappa shape index (κ2) is 9.74. The van der Waals surface area contributed by atoms with Crippen LogP contribution in [0, 0.1) is 0 Å². The molecule has 0 aliphatic heterocycles. The summed E-state index contributed by atoms with van der Waals surface area (Å²) in [5.74, 6) is 4.46. The Labute approximate surface area is 209 Å².